The Balaban J connectivity index is 1.77. The summed E-state index contributed by atoms with van der Waals surface area (Å²) in [4.78, 5) is 9.08. The molecule has 4 rings (SSSR count). The zero-order chi connectivity index (χ0) is 18.1. The highest BCUT2D eigenvalue weighted by Gasteiger charge is 2.16. The van der Waals surface area contributed by atoms with E-state index < -0.39 is 0 Å². The van der Waals surface area contributed by atoms with Crippen LogP contribution in [0.25, 0.3) is 17.0 Å². The van der Waals surface area contributed by atoms with Gasteiger partial charge in [0.2, 0.25) is 0 Å². The van der Waals surface area contributed by atoms with Crippen LogP contribution in [-0.4, -0.2) is 24.1 Å². The van der Waals surface area contributed by atoms with Crippen molar-refractivity contribution in [2.24, 2.45) is 0 Å². The lowest BCUT2D eigenvalue weighted by molar-refractivity contribution is 0.628. The molecule has 0 N–H and O–H groups in total. The van der Waals surface area contributed by atoms with E-state index in [9.17, 15) is 4.39 Å². The quantitative estimate of drug-likeness (QED) is 0.546. The molecule has 0 saturated carbocycles. The summed E-state index contributed by atoms with van der Waals surface area (Å²) < 4.78 is 17.4. The highest BCUT2D eigenvalue weighted by Crippen LogP contribution is 2.22. The molecule has 3 heterocycles. The zero-order valence-electron chi connectivity index (χ0n) is 14.9. The van der Waals surface area contributed by atoms with Crippen LogP contribution in [-0.2, 0) is 13.0 Å². The Bertz CT molecular complexity index is 1060. The minimum Gasteiger partial charge on any atom is -0.325 e. The first kappa shape index (κ1) is 16.4. The number of rotatable bonds is 5. The highest BCUT2D eigenvalue weighted by molar-refractivity contribution is 5.56. The number of halogens is 1. The van der Waals surface area contributed by atoms with Crippen molar-refractivity contribution in [3.05, 3.63) is 71.7 Å². The van der Waals surface area contributed by atoms with Crippen molar-refractivity contribution >= 4 is 5.65 Å². The fraction of sp³-hybridized carbons (Fsp3) is 0.250. The first-order valence-corrected chi connectivity index (χ1v) is 8.76. The molecule has 26 heavy (non-hydrogen) atoms. The minimum absolute atomic E-state index is 0.267. The SMILES string of the molecule is CCCc1c(Cn2ccnc2-c2cccc(F)c2)nn2ccc(C)nc12. The van der Waals surface area contributed by atoms with Gasteiger partial charge >= 0.3 is 0 Å². The summed E-state index contributed by atoms with van der Waals surface area (Å²) in [6, 6.07) is 8.45. The molecule has 0 amide bonds. The van der Waals surface area contributed by atoms with Crippen molar-refractivity contribution in [1.29, 1.82) is 0 Å². The van der Waals surface area contributed by atoms with Crippen LogP contribution in [0, 0.1) is 12.7 Å². The topological polar surface area (TPSA) is 48.0 Å². The van der Waals surface area contributed by atoms with E-state index in [-0.39, 0.29) is 5.82 Å². The number of benzene rings is 1. The summed E-state index contributed by atoms with van der Waals surface area (Å²) in [6.45, 7) is 4.71. The summed E-state index contributed by atoms with van der Waals surface area (Å²) in [6.07, 6.45) is 7.52. The molecule has 0 saturated heterocycles. The number of hydrogen-bond acceptors (Lipinski definition) is 3. The molecule has 4 aromatic rings. The molecule has 0 unspecified atom stereocenters. The number of aromatic nitrogens is 5. The van der Waals surface area contributed by atoms with E-state index in [1.54, 1.807) is 12.3 Å². The van der Waals surface area contributed by atoms with Gasteiger partial charge in [-0.15, -0.1) is 0 Å². The van der Waals surface area contributed by atoms with Gasteiger partial charge in [-0.1, -0.05) is 25.5 Å². The molecule has 3 aromatic heterocycles. The summed E-state index contributed by atoms with van der Waals surface area (Å²) >= 11 is 0. The van der Waals surface area contributed by atoms with Gasteiger partial charge in [0.1, 0.15) is 11.6 Å². The van der Waals surface area contributed by atoms with Gasteiger partial charge in [-0.25, -0.2) is 18.9 Å². The van der Waals surface area contributed by atoms with E-state index in [0.717, 1.165) is 46.8 Å². The third kappa shape index (κ3) is 2.98. The lowest BCUT2D eigenvalue weighted by Crippen LogP contribution is -2.04. The standard InChI is InChI=1S/C20H20FN5/c1-3-5-17-18(24-26-10-8-14(2)23-20(17)26)13-25-11-9-22-19(25)15-6-4-7-16(21)12-15/h4,6-12H,3,5,13H2,1-2H3. The van der Waals surface area contributed by atoms with Gasteiger partial charge in [-0.2, -0.15) is 5.10 Å². The maximum atomic E-state index is 13.6. The van der Waals surface area contributed by atoms with E-state index in [1.807, 2.05) is 40.5 Å². The van der Waals surface area contributed by atoms with Gasteiger partial charge in [-0.05, 0) is 31.5 Å². The molecule has 5 nitrogen and oxygen atoms in total. The maximum absolute atomic E-state index is 13.6. The van der Waals surface area contributed by atoms with E-state index in [4.69, 9.17) is 5.10 Å². The van der Waals surface area contributed by atoms with Crippen LogP contribution in [0.1, 0.15) is 30.3 Å². The summed E-state index contributed by atoms with van der Waals surface area (Å²) in [7, 11) is 0. The zero-order valence-corrected chi connectivity index (χ0v) is 14.9. The molecule has 0 fully saturated rings. The van der Waals surface area contributed by atoms with Crippen molar-refractivity contribution in [3.63, 3.8) is 0 Å². The van der Waals surface area contributed by atoms with Crippen LogP contribution >= 0.6 is 0 Å². The number of aryl methyl sites for hydroxylation is 2. The van der Waals surface area contributed by atoms with Crippen molar-refractivity contribution in [3.8, 4) is 11.4 Å². The first-order chi connectivity index (χ1) is 12.7. The fourth-order valence-electron chi connectivity index (χ4n) is 3.23. The van der Waals surface area contributed by atoms with Crippen molar-refractivity contribution < 1.29 is 4.39 Å². The van der Waals surface area contributed by atoms with Crippen LogP contribution in [0.5, 0.6) is 0 Å². The van der Waals surface area contributed by atoms with Gasteiger partial charge in [0.05, 0.1) is 12.2 Å². The van der Waals surface area contributed by atoms with Crippen LogP contribution in [0.15, 0.2) is 48.9 Å². The molecule has 0 spiro atoms. The van der Waals surface area contributed by atoms with Crippen LogP contribution in [0.4, 0.5) is 4.39 Å². The van der Waals surface area contributed by atoms with Gasteiger partial charge in [0.15, 0.2) is 5.65 Å². The van der Waals surface area contributed by atoms with Crippen molar-refractivity contribution in [2.75, 3.05) is 0 Å². The lowest BCUT2D eigenvalue weighted by Gasteiger charge is -2.08. The Morgan fingerprint density at radius 2 is 2.04 bits per heavy atom. The Hall–Kier alpha value is -3.02. The largest absolute Gasteiger partial charge is 0.325 e. The van der Waals surface area contributed by atoms with Crippen LogP contribution < -0.4 is 0 Å². The molecule has 0 aliphatic rings. The molecule has 0 bridgehead atoms. The molecule has 132 valence electrons. The summed E-state index contributed by atoms with van der Waals surface area (Å²) in [5.41, 5.74) is 4.78. The summed E-state index contributed by atoms with van der Waals surface area (Å²) in [5, 5.41) is 4.73. The second kappa shape index (κ2) is 6.71. The van der Waals surface area contributed by atoms with Crippen molar-refractivity contribution in [2.45, 2.75) is 33.2 Å². The second-order valence-corrected chi connectivity index (χ2v) is 6.40. The molecular weight excluding hydrogens is 329 g/mol. The first-order valence-electron chi connectivity index (χ1n) is 8.76. The Kier molecular flexibility index (Phi) is 4.24. The maximum Gasteiger partial charge on any atom is 0.158 e. The van der Waals surface area contributed by atoms with Crippen LogP contribution in [0.2, 0.25) is 0 Å². The van der Waals surface area contributed by atoms with Gasteiger partial charge in [0, 0.05) is 35.4 Å². The smallest absolute Gasteiger partial charge is 0.158 e. The molecule has 1 aromatic carbocycles. The van der Waals surface area contributed by atoms with Gasteiger partial charge in [-0.3, -0.25) is 0 Å². The van der Waals surface area contributed by atoms with E-state index >= 15 is 0 Å². The average molecular weight is 349 g/mol. The van der Waals surface area contributed by atoms with E-state index in [1.165, 1.54) is 12.1 Å². The van der Waals surface area contributed by atoms with E-state index in [0.29, 0.717) is 6.54 Å². The number of imidazole rings is 1. The van der Waals surface area contributed by atoms with Gasteiger partial charge < -0.3 is 4.57 Å². The number of hydrogen-bond donors (Lipinski definition) is 0. The molecule has 0 aliphatic heterocycles. The predicted octanol–water partition coefficient (Wildman–Crippen LogP) is 4.04. The Morgan fingerprint density at radius 3 is 2.85 bits per heavy atom. The predicted molar refractivity (Wildman–Crippen MR) is 98.4 cm³/mol. The molecule has 6 heteroatoms. The number of nitrogens with zero attached hydrogens (tertiary/aromatic N) is 5. The molecule has 0 atom stereocenters. The highest BCUT2D eigenvalue weighted by atomic mass is 19.1. The third-order valence-corrected chi connectivity index (χ3v) is 4.42. The fourth-order valence-corrected chi connectivity index (χ4v) is 3.23. The second-order valence-electron chi connectivity index (χ2n) is 6.40. The summed E-state index contributed by atoms with van der Waals surface area (Å²) in [5.74, 6) is 0.462. The number of fused-ring (bicyclic) bond motifs is 1. The normalized spacial score (nSPS) is 11.3. The van der Waals surface area contributed by atoms with E-state index in [2.05, 4.69) is 16.9 Å². The minimum atomic E-state index is -0.267. The third-order valence-electron chi connectivity index (χ3n) is 4.42. The molecule has 0 aliphatic carbocycles. The lowest BCUT2D eigenvalue weighted by atomic mass is 10.1. The molecular formula is C20H20FN5. The monoisotopic (exact) mass is 349 g/mol. The molecule has 0 radical (unpaired) electrons. The average Bonchev–Trinajstić information content (AvgIpc) is 3.21. The van der Waals surface area contributed by atoms with Crippen molar-refractivity contribution in [1.82, 2.24) is 24.1 Å². The Morgan fingerprint density at radius 1 is 1.15 bits per heavy atom. The van der Waals surface area contributed by atoms with Gasteiger partial charge in [0.25, 0.3) is 0 Å². The Labute approximate surface area is 151 Å². The van der Waals surface area contributed by atoms with Crippen LogP contribution in [0.3, 0.4) is 0 Å².